The second-order valence-corrected chi connectivity index (χ2v) is 4.56. The van der Waals surface area contributed by atoms with Crippen LogP contribution in [-0.4, -0.2) is 24.5 Å². The van der Waals surface area contributed by atoms with E-state index in [1.807, 2.05) is 6.92 Å². The van der Waals surface area contributed by atoms with E-state index in [9.17, 15) is 8.42 Å². The van der Waals surface area contributed by atoms with Crippen LogP contribution >= 0.6 is 0 Å². The molecule has 0 radical (unpaired) electrons. The van der Waals surface area contributed by atoms with Crippen LogP contribution in [0.4, 0.5) is 0 Å². The summed E-state index contributed by atoms with van der Waals surface area (Å²) in [6, 6.07) is 1.79. The second kappa shape index (κ2) is 3.89. The van der Waals surface area contributed by atoms with Gasteiger partial charge in [0.05, 0.1) is 18.5 Å². The van der Waals surface area contributed by atoms with Crippen molar-refractivity contribution in [2.75, 3.05) is 6.26 Å². The number of nitrogens with one attached hydrogen (secondary N) is 1. The van der Waals surface area contributed by atoms with Gasteiger partial charge < -0.3 is 0 Å². The number of nitrogens with zero attached hydrogens (tertiary/aromatic N) is 2. The normalized spacial score (nSPS) is 11.8. The highest BCUT2D eigenvalue weighted by Crippen LogP contribution is 1.98. The summed E-state index contributed by atoms with van der Waals surface area (Å²) in [7, 11) is -3.12. The third-order valence-corrected chi connectivity index (χ3v) is 2.29. The first-order valence-electron chi connectivity index (χ1n) is 3.98. The molecule has 1 rings (SSSR count). The van der Waals surface area contributed by atoms with Gasteiger partial charge in [0.15, 0.2) is 0 Å². The third-order valence-electron chi connectivity index (χ3n) is 1.62. The van der Waals surface area contributed by atoms with Crippen LogP contribution in [-0.2, 0) is 23.1 Å². The van der Waals surface area contributed by atoms with Crippen LogP contribution in [0.15, 0.2) is 12.3 Å². The standard InChI is InChI=1S/C7H13N3O2S/c1-3-10-7(4-5-8-10)6-9-13(2,11)12/h4-5,9H,3,6H2,1-2H3. The lowest BCUT2D eigenvalue weighted by molar-refractivity contribution is 0.576. The van der Waals surface area contributed by atoms with Gasteiger partial charge in [-0.3, -0.25) is 4.68 Å². The summed E-state index contributed by atoms with van der Waals surface area (Å²) in [6.45, 7) is 3.00. The van der Waals surface area contributed by atoms with Crippen LogP contribution in [0.2, 0.25) is 0 Å². The number of rotatable bonds is 4. The highest BCUT2D eigenvalue weighted by atomic mass is 32.2. The van der Waals surface area contributed by atoms with Crippen molar-refractivity contribution < 1.29 is 8.42 Å². The maximum absolute atomic E-state index is 10.8. The Morgan fingerprint density at radius 3 is 2.85 bits per heavy atom. The molecule has 0 spiro atoms. The molecule has 0 amide bonds. The SMILES string of the molecule is CCn1nccc1CNS(C)(=O)=O. The van der Waals surface area contributed by atoms with Crippen molar-refractivity contribution in [3.05, 3.63) is 18.0 Å². The van der Waals surface area contributed by atoms with Gasteiger partial charge in [-0.2, -0.15) is 5.10 Å². The minimum absolute atomic E-state index is 0.298. The Labute approximate surface area is 77.8 Å². The van der Waals surface area contributed by atoms with Gasteiger partial charge in [0, 0.05) is 12.7 Å². The van der Waals surface area contributed by atoms with E-state index in [0.29, 0.717) is 6.54 Å². The van der Waals surface area contributed by atoms with E-state index in [1.165, 1.54) is 0 Å². The predicted molar refractivity (Wildman–Crippen MR) is 49.6 cm³/mol. The van der Waals surface area contributed by atoms with Crippen molar-refractivity contribution in [2.24, 2.45) is 0 Å². The van der Waals surface area contributed by atoms with Gasteiger partial charge in [-0.15, -0.1) is 0 Å². The Bertz CT molecular complexity index is 369. The van der Waals surface area contributed by atoms with Crippen LogP contribution in [0.25, 0.3) is 0 Å². The Hall–Kier alpha value is -0.880. The molecule has 5 nitrogen and oxygen atoms in total. The quantitative estimate of drug-likeness (QED) is 0.746. The first-order valence-corrected chi connectivity index (χ1v) is 5.87. The van der Waals surface area contributed by atoms with Gasteiger partial charge in [-0.25, -0.2) is 13.1 Å². The Morgan fingerprint density at radius 1 is 1.62 bits per heavy atom. The first-order chi connectivity index (χ1) is 6.03. The van der Waals surface area contributed by atoms with E-state index < -0.39 is 10.0 Å². The van der Waals surface area contributed by atoms with Crippen LogP contribution in [0, 0.1) is 0 Å². The molecule has 0 atom stereocenters. The van der Waals surface area contributed by atoms with E-state index in [-0.39, 0.29) is 0 Å². The molecule has 0 fully saturated rings. The van der Waals surface area contributed by atoms with Crippen molar-refractivity contribution in [1.82, 2.24) is 14.5 Å². The maximum Gasteiger partial charge on any atom is 0.209 e. The van der Waals surface area contributed by atoms with Gasteiger partial charge in [0.25, 0.3) is 0 Å². The van der Waals surface area contributed by atoms with Gasteiger partial charge in [0.2, 0.25) is 10.0 Å². The van der Waals surface area contributed by atoms with E-state index in [2.05, 4.69) is 9.82 Å². The number of hydrogen-bond donors (Lipinski definition) is 1. The molecule has 1 aromatic rings. The largest absolute Gasteiger partial charge is 0.269 e. The summed E-state index contributed by atoms with van der Waals surface area (Å²) in [5.74, 6) is 0. The molecule has 1 N–H and O–H groups in total. The van der Waals surface area contributed by atoms with E-state index in [4.69, 9.17) is 0 Å². The van der Waals surface area contributed by atoms with Gasteiger partial charge in [-0.05, 0) is 13.0 Å². The molecule has 0 aromatic carbocycles. The number of hydrogen-bond acceptors (Lipinski definition) is 3. The first kappa shape index (κ1) is 10.2. The zero-order valence-corrected chi connectivity index (χ0v) is 8.50. The van der Waals surface area contributed by atoms with Crippen LogP contribution in [0.3, 0.4) is 0 Å². The Morgan fingerprint density at radius 2 is 2.31 bits per heavy atom. The predicted octanol–water partition coefficient (Wildman–Crippen LogP) is -0.0478. The molecule has 74 valence electrons. The van der Waals surface area contributed by atoms with Crippen molar-refractivity contribution in [1.29, 1.82) is 0 Å². The maximum atomic E-state index is 10.8. The zero-order valence-electron chi connectivity index (χ0n) is 7.69. The fourth-order valence-electron chi connectivity index (χ4n) is 1.000. The lowest BCUT2D eigenvalue weighted by atomic mass is 10.4. The number of aromatic nitrogens is 2. The molecule has 0 aliphatic carbocycles. The molecule has 1 heterocycles. The van der Waals surface area contributed by atoms with Crippen molar-refractivity contribution in [2.45, 2.75) is 20.0 Å². The highest BCUT2D eigenvalue weighted by molar-refractivity contribution is 7.88. The average Bonchev–Trinajstić information content (AvgIpc) is 2.46. The van der Waals surface area contributed by atoms with Crippen molar-refractivity contribution in [3.8, 4) is 0 Å². The minimum Gasteiger partial charge on any atom is -0.269 e. The fraction of sp³-hybridized carbons (Fsp3) is 0.571. The lowest BCUT2D eigenvalue weighted by Gasteiger charge is -2.04. The molecule has 6 heteroatoms. The van der Waals surface area contributed by atoms with Crippen molar-refractivity contribution >= 4 is 10.0 Å². The van der Waals surface area contributed by atoms with E-state index in [0.717, 1.165) is 18.5 Å². The molecule has 1 aromatic heterocycles. The van der Waals surface area contributed by atoms with E-state index in [1.54, 1.807) is 16.9 Å². The zero-order chi connectivity index (χ0) is 9.90. The topological polar surface area (TPSA) is 64.0 Å². The molecule has 0 bridgehead atoms. The third kappa shape index (κ3) is 3.16. The van der Waals surface area contributed by atoms with Gasteiger partial charge in [-0.1, -0.05) is 0 Å². The molecular weight excluding hydrogens is 190 g/mol. The molecule has 0 saturated carbocycles. The summed E-state index contributed by atoms with van der Waals surface area (Å²) in [6.07, 6.45) is 2.79. The van der Waals surface area contributed by atoms with Gasteiger partial charge in [0.1, 0.15) is 0 Å². The van der Waals surface area contributed by atoms with E-state index >= 15 is 0 Å². The van der Waals surface area contributed by atoms with Crippen LogP contribution < -0.4 is 4.72 Å². The minimum atomic E-state index is -3.12. The van der Waals surface area contributed by atoms with Crippen molar-refractivity contribution in [3.63, 3.8) is 0 Å². The number of aryl methyl sites for hydroxylation is 1. The molecule has 0 unspecified atom stereocenters. The molecular formula is C7H13N3O2S. The highest BCUT2D eigenvalue weighted by Gasteiger charge is 2.04. The number of sulfonamides is 1. The molecule has 0 aliphatic rings. The smallest absolute Gasteiger partial charge is 0.209 e. The second-order valence-electron chi connectivity index (χ2n) is 2.73. The van der Waals surface area contributed by atoms with Gasteiger partial charge >= 0.3 is 0 Å². The molecule has 0 saturated heterocycles. The monoisotopic (exact) mass is 203 g/mol. The summed E-state index contributed by atoms with van der Waals surface area (Å²) in [5.41, 5.74) is 0.868. The Kier molecular flexibility index (Phi) is 3.05. The average molecular weight is 203 g/mol. The summed E-state index contributed by atoms with van der Waals surface area (Å²) in [4.78, 5) is 0. The fourth-order valence-corrected chi connectivity index (χ4v) is 1.41. The molecule has 0 aliphatic heterocycles. The summed E-state index contributed by atoms with van der Waals surface area (Å²) in [5, 5.41) is 4.02. The summed E-state index contributed by atoms with van der Waals surface area (Å²) >= 11 is 0. The summed E-state index contributed by atoms with van der Waals surface area (Å²) < 4.78 is 25.7. The van der Waals surface area contributed by atoms with Crippen LogP contribution in [0.1, 0.15) is 12.6 Å². The Balaban J connectivity index is 2.64. The molecule has 13 heavy (non-hydrogen) atoms. The lowest BCUT2D eigenvalue weighted by Crippen LogP contribution is -2.22. The van der Waals surface area contributed by atoms with Crippen LogP contribution in [0.5, 0.6) is 0 Å².